The second kappa shape index (κ2) is 4.66. The normalized spacial score (nSPS) is 30.7. The zero-order valence-corrected chi connectivity index (χ0v) is 8.31. The molecule has 0 bridgehead atoms. The summed E-state index contributed by atoms with van der Waals surface area (Å²) >= 11 is 0. The van der Waals surface area contributed by atoms with E-state index in [1.165, 1.54) is 24.8 Å². The van der Waals surface area contributed by atoms with E-state index in [1.54, 1.807) is 0 Å². The van der Waals surface area contributed by atoms with Crippen molar-refractivity contribution >= 4 is 0 Å². The first-order chi connectivity index (χ1) is 5.75. The van der Waals surface area contributed by atoms with Crippen LogP contribution >= 0.6 is 0 Å². The summed E-state index contributed by atoms with van der Waals surface area (Å²) in [6, 6.07) is 0. The Morgan fingerprint density at radius 1 is 1.58 bits per heavy atom. The first kappa shape index (κ1) is 9.79. The van der Waals surface area contributed by atoms with Crippen LogP contribution in [0.3, 0.4) is 0 Å². The van der Waals surface area contributed by atoms with Gasteiger partial charge >= 0.3 is 0 Å². The second-order valence-corrected chi connectivity index (χ2v) is 3.75. The Morgan fingerprint density at radius 3 is 3.00 bits per heavy atom. The molecule has 2 atom stereocenters. The topological polar surface area (TPSA) is 9.23 Å². The predicted octanol–water partition coefficient (Wildman–Crippen LogP) is 3.16. The third kappa shape index (κ3) is 2.34. The minimum Gasteiger partial charge on any atom is -0.377 e. The van der Waals surface area contributed by atoms with Crippen molar-refractivity contribution in [3.63, 3.8) is 0 Å². The highest BCUT2D eigenvalue weighted by Gasteiger charge is 2.23. The molecule has 70 valence electrons. The molecular formula is C11H20O. The Labute approximate surface area is 75.8 Å². The van der Waals surface area contributed by atoms with Crippen LogP contribution in [0.1, 0.15) is 39.5 Å². The van der Waals surface area contributed by atoms with Gasteiger partial charge in [0.15, 0.2) is 0 Å². The number of unbranched alkanes of at least 4 members (excludes halogenated alkanes) is 1. The molecule has 1 heteroatoms. The maximum absolute atomic E-state index is 5.70. The van der Waals surface area contributed by atoms with Gasteiger partial charge in [0.05, 0.1) is 12.7 Å². The van der Waals surface area contributed by atoms with E-state index >= 15 is 0 Å². The average Bonchev–Trinajstić information content (AvgIpc) is 2.08. The van der Waals surface area contributed by atoms with Crippen LogP contribution in [0.2, 0.25) is 0 Å². The maximum Gasteiger partial charge on any atom is 0.0637 e. The van der Waals surface area contributed by atoms with Gasteiger partial charge in [0, 0.05) is 5.92 Å². The summed E-state index contributed by atoms with van der Waals surface area (Å²) in [6.07, 6.45) is 5.26. The van der Waals surface area contributed by atoms with E-state index in [9.17, 15) is 0 Å². The Bertz CT molecular complexity index is 151. The Morgan fingerprint density at radius 2 is 2.33 bits per heavy atom. The summed E-state index contributed by atoms with van der Waals surface area (Å²) in [4.78, 5) is 0. The van der Waals surface area contributed by atoms with Gasteiger partial charge in [0.25, 0.3) is 0 Å². The molecular weight excluding hydrogens is 148 g/mol. The van der Waals surface area contributed by atoms with Crippen molar-refractivity contribution in [1.29, 1.82) is 0 Å². The van der Waals surface area contributed by atoms with Crippen molar-refractivity contribution in [3.05, 3.63) is 12.2 Å². The van der Waals surface area contributed by atoms with Crippen LogP contribution in [-0.4, -0.2) is 12.7 Å². The molecule has 12 heavy (non-hydrogen) atoms. The molecule has 0 aliphatic carbocycles. The number of rotatable bonds is 3. The Kier molecular flexibility index (Phi) is 3.80. The zero-order valence-electron chi connectivity index (χ0n) is 8.31. The Hall–Kier alpha value is -0.300. The van der Waals surface area contributed by atoms with Gasteiger partial charge in [0.1, 0.15) is 0 Å². The molecule has 1 rings (SSSR count). The number of hydrogen-bond acceptors (Lipinski definition) is 1. The van der Waals surface area contributed by atoms with Gasteiger partial charge in [-0.25, -0.2) is 0 Å². The van der Waals surface area contributed by atoms with E-state index in [4.69, 9.17) is 4.74 Å². The van der Waals surface area contributed by atoms with Gasteiger partial charge in [-0.05, 0) is 12.8 Å². The molecule has 0 aromatic rings. The Balaban J connectivity index is 2.35. The van der Waals surface area contributed by atoms with Gasteiger partial charge in [-0.15, -0.1) is 0 Å². The largest absolute Gasteiger partial charge is 0.377 e. The number of hydrogen-bond donors (Lipinski definition) is 0. The van der Waals surface area contributed by atoms with Gasteiger partial charge in [0.2, 0.25) is 0 Å². The van der Waals surface area contributed by atoms with E-state index in [0.29, 0.717) is 12.0 Å². The predicted molar refractivity (Wildman–Crippen MR) is 52.2 cm³/mol. The van der Waals surface area contributed by atoms with Gasteiger partial charge in [-0.1, -0.05) is 38.8 Å². The van der Waals surface area contributed by atoms with Crippen LogP contribution in [0, 0.1) is 5.92 Å². The van der Waals surface area contributed by atoms with E-state index in [2.05, 4.69) is 20.4 Å². The van der Waals surface area contributed by atoms with E-state index in [0.717, 1.165) is 13.0 Å². The fourth-order valence-corrected chi connectivity index (χ4v) is 1.71. The molecule has 0 unspecified atom stereocenters. The molecule has 0 aromatic heterocycles. The van der Waals surface area contributed by atoms with Gasteiger partial charge < -0.3 is 4.74 Å². The molecule has 1 heterocycles. The minimum atomic E-state index is 0.450. The van der Waals surface area contributed by atoms with Crippen molar-refractivity contribution in [2.45, 2.75) is 45.6 Å². The summed E-state index contributed by atoms with van der Waals surface area (Å²) in [5.74, 6) is 0.574. The first-order valence-corrected chi connectivity index (χ1v) is 5.05. The molecule has 0 amide bonds. The van der Waals surface area contributed by atoms with Crippen LogP contribution in [-0.2, 0) is 4.74 Å². The fraction of sp³-hybridized carbons (Fsp3) is 0.818. The average molecular weight is 168 g/mol. The van der Waals surface area contributed by atoms with Gasteiger partial charge in [-0.3, -0.25) is 0 Å². The smallest absolute Gasteiger partial charge is 0.0637 e. The summed E-state index contributed by atoms with van der Waals surface area (Å²) in [7, 11) is 0. The summed E-state index contributed by atoms with van der Waals surface area (Å²) in [6.45, 7) is 9.42. The van der Waals surface area contributed by atoms with Crippen molar-refractivity contribution in [1.82, 2.24) is 0 Å². The number of ether oxygens (including phenoxy) is 1. The lowest BCUT2D eigenvalue weighted by molar-refractivity contribution is -0.000966. The van der Waals surface area contributed by atoms with Crippen molar-refractivity contribution in [2.24, 2.45) is 5.92 Å². The van der Waals surface area contributed by atoms with E-state index < -0.39 is 0 Å². The third-order valence-corrected chi connectivity index (χ3v) is 2.80. The highest BCUT2D eigenvalue weighted by Crippen LogP contribution is 2.27. The minimum absolute atomic E-state index is 0.450. The maximum atomic E-state index is 5.70. The highest BCUT2D eigenvalue weighted by molar-refractivity contribution is 5.04. The molecule has 1 nitrogen and oxygen atoms in total. The third-order valence-electron chi connectivity index (χ3n) is 2.80. The quantitative estimate of drug-likeness (QED) is 0.588. The molecule has 1 aliphatic rings. The lowest BCUT2D eigenvalue weighted by Gasteiger charge is -2.31. The molecule has 1 aliphatic heterocycles. The van der Waals surface area contributed by atoms with E-state index in [1.807, 2.05) is 0 Å². The van der Waals surface area contributed by atoms with Crippen LogP contribution in [0.4, 0.5) is 0 Å². The van der Waals surface area contributed by atoms with Crippen molar-refractivity contribution < 1.29 is 4.74 Å². The first-order valence-electron chi connectivity index (χ1n) is 5.05. The van der Waals surface area contributed by atoms with Crippen LogP contribution < -0.4 is 0 Å². The van der Waals surface area contributed by atoms with Crippen LogP contribution in [0.15, 0.2) is 12.2 Å². The van der Waals surface area contributed by atoms with Crippen molar-refractivity contribution in [2.75, 3.05) is 6.61 Å². The molecule has 0 aromatic carbocycles. The van der Waals surface area contributed by atoms with E-state index in [-0.39, 0.29) is 0 Å². The molecule has 1 fully saturated rings. The fourth-order valence-electron chi connectivity index (χ4n) is 1.71. The molecule has 0 N–H and O–H groups in total. The SMILES string of the molecule is C=C1CCO[C@@H](CCCC)[C@H]1C. The van der Waals surface area contributed by atoms with Crippen molar-refractivity contribution in [3.8, 4) is 0 Å². The van der Waals surface area contributed by atoms with Gasteiger partial charge in [-0.2, -0.15) is 0 Å². The molecule has 0 saturated carbocycles. The summed E-state index contributed by atoms with van der Waals surface area (Å²) in [5, 5.41) is 0. The lowest BCUT2D eigenvalue weighted by Crippen LogP contribution is -2.28. The molecule has 0 radical (unpaired) electrons. The van der Waals surface area contributed by atoms with Crippen LogP contribution in [0.5, 0.6) is 0 Å². The lowest BCUT2D eigenvalue weighted by atomic mass is 9.89. The monoisotopic (exact) mass is 168 g/mol. The molecule has 1 saturated heterocycles. The van der Waals surface area contributed by atoms with Crippen LogP contribution in [0.25, 0.3) is 0 Å². The molecule has 0 spiro atoms. The summed E-state index contributed by atoms with van der Waals surface area (Å²) < 4.78 is 5.70. The zero-order chi connectivity index (χ0) is 8.97. The standard InChI is InChI=1S/C11H20O/c1-4-5-6-11-10(3)9(2)7-8-12-11/h10-11H,2,4-8H2,1,3H3/t10-,11-/m0/s1. The highest BCUT2D eigenvalue weighted by atomic mass is 16.5. The second-order valence-electron chi connectivity index (χ2n) is 3.75. The summed E-state index contributed by atoms with van der Waals surface area (Å²) in [5.41, 5.74) is 1.38.